The number of nitrogens with one attached hydrogen (secondary N) is 1. The summed E-state index contributed by atoms with van der Waals surface area (Å²) in [6.07, 6.45) is 5.37. The van der Waals surface area contributed by atoms with Gasteiger partial charge in [0, 0.05) is 6.54 Å². The van der Waals surface area contributed by atoms with Gasteiger partial charge in [-0.25, -0.2) is 14.8 Å². The number of nitrogens with zero attached hydrogens (tertiary/aromatic N) is 3. The van der Waals surface area contributed by atoms with Crippen LogP contribution in [0.3, 0.4) is 0 Å². The Morgan fingerprint density at radius 3 is 2.79 bits per heavy atom. The Labute approximate surface area is 167 Å². The van der Waals surface area contributed by atoms with E-state index in [4.69, 9.17) is 4.42 Å². The van der Waals surface area contributed by atoms with E-state index >= 15 is 0 Å². The minimum Gasteiger partial charge on any atom is -0.477 e. The molecule has 3 aromatic heterocycles. The second-order valence-electron chi connectivity index (χ2n) is 7.17. The Morgan fingerprint density at radius 1 is 1.32 bits per heavy atom. The Morgan fingerprint density at radius 2 is 2.11 bits per heavy atom. The molecule has 0 amide bonds. The van der Waals surface area contributed by atoms with Gasteiger partial charge in [-0.2, -0.15) is 0 Å². The molecular weight excluding hydrogens is 376 g/mol. The van der Waals surface area contributed by atoms with Crippen molar-refractivity contribution in [3.05, 3.63) is 40.4 Å². The number of carbonyl (C=O) groups is 1. The van der Waals surface area contributed by atoms with Crippen LogP contribution in [0.5, 0.6) is 0 Å². The molecule has 0 saturated carbocycles. The number of thiophene rings is 1. The fourth-order valence-electron chi connectivity index (χ4n) is 3.89. The zero-order chi connectivity index (χ0) is 19.7. The van der Waals surface area contributed by atoms with Crippen LogP contribution in [0.15, 0.2) is 22.8 Å². The first-order chi connectivity index (χ1) is 13.5. The number of carboxylic acid groups (broad SMARTS) is 1. The third-order valence-electron chi connectivity index (χ3n) is 5.26. The number of aromatic carboxylic acids is 1. The summed E-state index contributed by atoms with van der Waals surface area (Å²) in [6, 6.07) is 4.04. The molecule has 1 aliphatic rings. The van der Waals surface area contributed by atoms with Crippen molar-refractivity contribution in [3.63, 3.8) is 0 Å². The van der Waals surface area contributed by atoms with Gasteiger partial charge in [0.1, 0.15) is 27.1 Å². The van der Waals surface area contributed by atoms with Crippen LogP contribution in [-0.4, -0.2) is 45.6 Å². The number of aromatic nitrogens is 2. The molecule has 148 valence electrons. The van der Waals surface area contributed by atoms with E-state index < -0.39 is 5.97 Å². The minimum absolute atomic E-state index is 0.110. The second kappa shape index (κ2) is 7.89. The zero-order valence-corrected chi connectivity index (χ0v) is 16.9. The molecule has 28 heavy (non-hydrogen) atoms. The maximum Gasteiger partial charge on any atom is 0.346 e. The molecule has 0 aromatic carbocycles. The number of fused-ring (bicyclic) bond motifs is 1. The van der Waals surface area contributed by atoms with Gasteiger partial charge in [0.2, 0.25) is 0 Å². The highest BCUT2D eigenvalue weighted by molar-refractivity contribution is 7.20. The van der Waals surface area contributed by atoms with Gasteiger partial charge in [-0.15, -0.1) is 11.3 Å². The highest BCUT2D eigenvalue weighted by Gasteiger charge is 2.25. The van der Waals surface area contributed by atoms with Gasteiger partial charge in [-0.3, -0.25) is 4.90 Å². The molecule has 1 unspecified atom stereocenters. The van der Waals surface area contributed by atoms with E-state index in [-0.39, 0.29) is 6.04 Å². The lowest BCUT2D eigenvalue weighted by molar-refractivity contribution is 0.0701. The Hall–Kier alpha value is -2.45. The Bertz CT molecular complexity index is 977. The highest BCUT2D eigenvalue weighted by atomic mass is 32.1. The number of aryl methyl sites for hydroxylation is 2. The summed E-state index contributed by atoms with van der Waals surface area (Å²) >= 11 is 1.20. The number of likely N-dealkylation sites (tertiary alicyclic amines) is 1. The molecule has 7 nitrogen and oxygen atoms in total. The molecule has 1 aliphatic heterocycles. The van der Waals surface area contributed by atoms with Gasteiger partial charge in [-0.1, -0.05) is 6.42 Å². The molecule has 1 atom stereocenters. The number of piperidine rings is 1. The van der Waals surface area contributed by atoms with Crippen LogP contribution in [0, 0.1) is 13.8 Å². The fourth-order valence-corrected chi connectivity index (χ4v) is 4.96. The maximum atomic E-state index is 11.5. The quantitative estimate of drug-likeness (QED) is 0.639. The predicted octanol–water partition coefficient (Wildman–Crippen LogP) is 4.24. The van der Waals surface area contributed by atoms with Gasteiger partial charge >= 0.3 is 5.97 Å². The standard InChI is InChI=1S/C20H24N4O3S/c1-12-16-18(22-13(2)23-19(16)28-17(12)20(25)26)21-11-14(15-7-6-10-27-15)24-8-4-3-5-9-24/h6-7,10,14H,3-5,8-9,11H2,1-2H3,(H,25,26)(H,21,22,23). The van der Waals surface area contributed by atoms with Gasteiger partial charge in [0.05, 0.1) is 17.7 Å². The van der Waals surface area contributed by atoms with E-state index in [2.05, 4.69) is 20.2 Å². The molecule has 1 saturated heterocycles. The number of furan rings is 1. The van der Waals surface area contributed by atoms with Crippen molar-refractivity contribution in [2.45, 2.75) is 39.2 Å². The highest BCUT2D eigenvalue weighted by Crippen LogP contribution is 2.34. The minimum atomic E-state index is -0.925. The van der Waals surface area contributed by atoms with Gasteiger partial charge in [-0.05, 0) is 57.5 Å². The predicted molar refractivity (Wildman–Crippen MR) is 109 cm³/mol. The molecule has 3 aromatic rings. The molecular formula is C20H24N4O3S. The SMILES string of the molecule is Cc1nc(NCC(c2ccco2)N2CCCCC2)c2c(C)c(C(=O)O)sc2n1. The van der Waals surface area contributed by atoms with Crippen LogP contribution >= 0.6 is 11.3 Å². The first-order valence-electron chi connectivity index (χ1n) is 9.57. The monoisotopic (exact) mass is 400 g/mol. The van der Waals surface area contributed by atoms with E-state index in [0.717, 1.165) is 24.2 Å². The van der Waals surface area contributed by atoms with Crippen LogP contribution in [0.25, 0.3) is 10.2 Å². The van der Waals surface area contributed by atoms with Crippen molar-refractivity contribution in [1.82, 2.24) is 14.9 Å². The summed E-state index contributed by atoms with van der Waals surface area (Å²) in [5, 5.41) is 13.7. The zero-order valence-electron chi connectivity index (χ0n) is 16.1. The molecule has 0 bridgehead atoms. The topological polar surface area (TPSA) is 91.5 Å². The van der Waals surface area contributed by atoms with Crippen molar-refractivity contribution in [3.8, 4) is 0 Å². The van der Waals surface area contributed by atoms with Crippen molar-refractivity contribution in [2.75, 3.05) is 25.0 Å². The number of hydrogen-bond acceptors (Lipinski definition) is 7. The van der Waals surface area contributed by atoms with Crippen LogP contribution < -0.4 is 5.32 Å². The van der Waals surface area contributed by atoms with Crippen LogP contribution in [0.2, 0.25) is 0 Å². The average molecular weight is 401 g/mol. The van der Waals surface area contributed by atoms with E-state index in [1.807, 2.05) is 26.0 Å². The summed E-state index contributed by atoms with van der Waals surface area (Å²) in [4.78, 5) is 24.0. The molecule has 2 N–H and O–H groups in total. The summed E-state index contributed by atoms with van der Waals surface area (Å²) in [6.45, 7) is 6.38. The van der Waals surface area contributed by atoms with Crippen LogP contribution in [-0.2, 0) is 0 Å². The number of anilines is 1. The second-order valence-corrected chi connectivity index (χ2v) is 8.17. The third-order valence-corrected chi connectivity index (χ3v) is 6.44. The Kier molecular flexibility index (Phi) is 5.32. The van der Waals surface area contributed by atoms with E-state index in [9.17, 15) is 9.90 Å². The first kappa shape index (κ1) is 18.9. The first-order valence-corrected chi connectivity index (χ1v) is 10.4. The molecule has 4 heterocycles. The van der Waals surface area contributed by atoms with E-state index in [0.29, 0.717) is 33.5 Å². The van der Waals surface area contributed by atoms with Crippen LogP contribution in [0.4, 0.5) is 5.82 Å². The smallest absolute Gasteiger partial charge is 0.346 e. The summed E-state index contributed by atoms with van der Waals surface area (Å²) in [5.74, 6) is 1.33. The van der Waals surface area contributed by atoms with Crippen molar-refractivity contribution in [2.24, 2.45) is 0 Å². The van der Waals surface area contributed by atoms with Crippen LogP contribution in [0.1, 0.15) is 52.1 Å². The molecule has 0 spiro atoms. The van der Waals surface area contributed by atoms with Crippen molar-refractivity contribution < 1.29 is 14.3 Å². The van der Waals surface area contributed by atoms with Crippen molar-refractivity contribution >= 4 is 33.3 Å². The third kappa shape index (κ3) is 3.62. The lowest BCUT2D eigenvalue weighted by Gasteiger charge is -2.33. The molecule has 1 fully saturated rings. The lowest BCUT2D eigenvalue weighted by Crippen LogP contribution is -2.37. The normalized spacial score (nSPS) is 16.4. The molecule has 0 aliphatic carbocycles. The van der Waals surface area contributed by atoms with Gasteiger partial charge in [0.15, 0.2) is 0 Å². The number of carboxylic acids is 1. The summed E-state index contributed by atoms with van der Waals surface area (Å²) in [5.41, 5.74) is 0.711. The molecule has 0 radical (unpaired) electrons. The largest absolute Gasteiger partial charge is 0.477 e. The van der Waals surface area contributed by atoms with E-state index in [1.54, 1.807) is 6.26 Å². The lowest BCUT2D eigenvalue weighted by atomic mass is 10.1. The van der Waals surface area contributed by atoms with Gasteiger partial charge in [0.25, 0.3) is 0 Å². The molecule has 8 heteroatoms. The Balaban J connectivity index is 1.65. The van der Waals surface area contributed by atoms with E-state index in [1.165, 1.54) is 30.6 Å². The fraction of sp³-hybridized carbons (Fsp3) is 0.450. The van der Waals surface area contributed by atoms with Crippen molar-refractivity contribution in [1.29, 1.82) is 0 Å². The number of hydrogen-bond donors (Lipinski definition) is 2. The van der Waals surface area contributed by atoms with Gasteiger partial charge < -0.3 is 14.8 Å². The summed E-state index contributed by atoms with van der Waals surface area (Å²) in [7, 11) is 0. The summed E-state index contributed by atoms with van der Waals surface area (Å²) < 4.78 is 5.72. The number of rotatable bonds is 6. The average Bonchev–Trinajstić information content (AvgIpc) is 3.31. The molecule has 4 rings (SSSR count). The maximum absolute atomic E-state index is 11.5.